The van der Waals surface area contributed by atoms with E-state index in [2.05, 4.69) is 5.32 Å². The lowest BCUT2D eigenvalue weighted by molar-refractivity contribution is -0.137. The van der Waals surface area contributed by atoms with Crippen molar-refractivity contribution in [1.29, 1.82) is 0 Å². The van der Waals surface area contributed by atoms with E-state index in [0.717, 1.165) is 17.1 Å². The molecule has 1 rings (SSSR count). The highest BCUT2D eigenvalue weighted by atomic mass is 32.2. The summed E-state index contributed by atoms with van der Waals surface area (Å²) in [6, 6.07) is 0. The first-order chi connectivity index (χ1) is 7.39. The Morgan fingerprint density at radius 2 is 2.31 bits per heavy atom. The number of rotatable bonds is 5. The number of hydrogen-bond acceptors (Lipinski definition) is 5. The molecular weight excluding hydrogens is 236 g/mol. The highest BCUT2D eigenvalue weighted by molar-refractivity contribution is 7.88. The number of nitrogens with zero attached hydrogens (tertiary/aromatic N) is 1. The molecule has 1 unspecified atom stereocenters. The van der Waals surface area contributed by atoms with E-state index in [0.29, 0.717) is 13.2 Å². The molecule has 7 nitrogen and oxygen atoms in total. The zero-order valence-corrected chi connectivity index (χ0v) is 9.87. The molecule has 1 saturated heterocycles. The molecule has 0 aromatic heterocycles. The number of carboxylic acid groups (broad SMARTS) is 1. The number of nitrogens with one attached hydrogen (secondary N) is 1. The first-order valence-electron chi connectivity index (χ1n) is 4.89. The average molecular weight is 252 g/mol. The van der Waals surface area contributed by atoms with E-state index in [-0.39, 0.29) is 12.6 Å². The molecule has 1 aliphatic rings. The molecule has 0 radical (unpaired) electrons. The van der Waals surface area contributed by atoms with Gasteiger partial charge in [0.05, 0.1) is 19.0 Å². The number of sulfonamides is 1. The van der Waals surface area contributed by atoms with Gasteiger partial charge in [-0.3, -0.25) is 4.79 Å². The van der Waals surface area contributed by atoms with Crippen molar-refractivity contribution in [2.45, 2.75) is 6.10 Å². The maximum absolute atomic E-state index is 11.3. The van der Waals surface area contributed by atoms with Crippen LogP contribution in [0.3, 0.4) is 0 Å². The van der Waals surface area contributed by atoms with Gasteiger partial charge in [-0.25, -0.2) is 8.42 Å². The predicted octanol–water partition coefficient (Wildman–Crippen LogP) is -1.68. The molecule has 1 aliphatic heterocycles. The summed E-state index contributed by atoms with van der Waals surface area (Å²) >= 11 is 0. The molecule has 94 valence electrons. The molecule has 1 fully saturated rings. The molecule has 0 bridgehead atoms. The van der Waals surface area contributed by atoms with Gasteiger partial charge in [0.25, 0.3) is 0 Å². The van der Waals surface area contributed by atoms with Crippen molar-refractivity contribution in [2.75, 3.05) is 39.0 Å². The number of hydrogen-bond donors (Lipinski definition) is 2. The maximum atomic E-state index is 11.3. The predicted molar refractivity (Wildman–Crippen MR) is 56.7 cm³/mol. The van der Waals surface area contributed by atoms with Crippen molar-refractivity contribution in [3.63, 3.8) is 0 Å². The Morgan fingerprint density at radius 1 is 1.62 bits per heavy atom. The Labute approximate surface area is 94.4 Å². The minimum absolute atomic E-state index is 0.0676. The molecule has 0 aliphatic carbocycles. The van der Waals surface area contributed by atoms with Gasteiger partial charge in [-0.1, -0.05) is 0 Å². The SMILES string of the molecule is CS(=O)(=O)N(CC(=O)O)CC1CNCCO1. The van der Waals surface area contributed by atoms with Crippen molar-refractivity contribution >= 4 is 16.0 Å². The molecule has 1 heterocycles. The van der Waals surface area contributed by atoms with Gasteiger partial charge in [0.2, 0.25) is 10.0 Å². The first-order valence-corrected chi connectivity index (χ1v) is 6.73. The molecule has 8 heteroatoms. The molecule has 0 spiro atoms. The highest BCUT2D eigenvalue weighted by Crippen LogP contribution is 2.04. The van der Waals surface area contributed by atoms with Gasteiger partial charge >= 0.3 is 5.97 Å². The monoisotopic (exact) mass is 252 g/mol. The van der Waals surface area contributed by atoms with Crippen LogP contribution in [-0.4, -0.2) is 68.9 Å². The lowest BCUT2D eigenvalue weighted by Crippen LogP contribution is -2.47. The van der Waals surface area contributed by atoms with E-state index in [1.165, 1.54) is 0 Å². The molecule has 16 heavy (non-hydrogen) atoms. The fourth-order valence-electron chi connectivity index (χ4n) is 1.43. The third-order valence-electron chi connectivity index (χ3n) is 2.19. The largest absolute Gasteiger partial charge is 0.480 e. The van der Waals surface area contributed by atoms with Gasteiger partial charge in [-0.2, -0.15) is 4.31 Å². The molecule has 0 aromatic rings. The number of carbonyl (C=O) groups is 1. The van der Waals surface area contributed by atoms with E-state index in [1.54, 1.807) is 0 Å². The normalized spacial score (nSPS) is 22.2. The lowest BCUT2D eigenvalue weighted by atomic mass is 10.3. The quantitative estimate of drug-likeness (QED) is 0.607. The Balaban J connectivity index is 2.59. The van der Waals surface area contributed by atoms with Crippen LogP contribution in [0.4, 0.5) is 0 Å². The second-order valence-electron chi connectivity index (χ2n) is 3.65. The van der Waals surface area contributed by atoms with Crippen molar-refractivity contribution in [3.8, 4) is 0 Å². The lowest BCUT2D eigenvalue weighted by Gasteiger charge is -2.28. The van der Waals surface area contributed by atoms with Crippen molar-refractivity contribution in [1.82, 2.24) is 9.62 Å². The molecule has 0 amide bonds. The van der Waals surface area contributed by atoms with E-state index in [4.69, 9.17) is 9.84 Å². The van der Waals surface area contributed by atoms with Crippen molar-refractivity contribution in [3.05, 3.63) is 0 Å². The Hall–Kier alpha value is -0.700. The molecule has 2 N–H and O–H groups in total. The fourth-order valence-corrected chi connectivity index (χ4v) is 2.21. The Bertz CT molecular complexity index is 336. The molecule has 0 saturated carbocycles. The number of morpholine rings is 1. The van der Waals surface area contributed by atoms with Gasteiger partial charge in [0.1, 0.15) is 6.54 Å². The zero-order chi connectivity index (χ0) is 12.2. The second-order valence-corrected chi connectivity index (χ2v) is 5.63. The van der Waals surface area contributed by atoms with Gasteiger partial charge < -0.3 is 15.2 Å². The van der Waals surface area contributed by atoms with E-state index >= 15 is 0 Å². The van der Waals surface area contributed by atoms with Crippen LogP contribution in [0.2, 0.25) is 0 Å². The van der Waals surface area contributed by atoms with Crippen LogP contribution in [0.25, 0.3) is 0 Å². The number of aliphatic carboxylic acids is 1. The molecule has 1 atom stereocenters. The molecule has 0 aromatic carbocycles. The van der Waals surface area contributed by atoms with Crippen LogP contribution in [0, 0.1) is 0 Å². The van der Waals surface area contributed by atoms with Crippen molar-refractivity contribution in [2.24, 2.45) is 0 Å². The van der Waals surface area contributed by atoms with Gasteiger partial charge in [-0.05, 0) is 0 Å². The number of ether oxygens (including phenoxy) is 1. The fraction of sp³-hybridized carbons (Fsp3) is 0.875. The Kier molecular flexibility index (Phi) is 4.66. The first kappa shape index (κ1) is 13.4. The van der Waals surface area contributed by atoms with Crippen LogP contribution in [0.15, 0.2) is 0 Å². The van der Waals surface area contributed by atoms with Gasteiger partial charge in [0.15, 0.2) is 0 Å². The summed E-state index contributed by atoms with van der Waals surface area (Å²) in [6.45, 7) is 1.31. The summed E-state index contributed by atoms with van der Waals surface area (Å²) in [5.74, 6) is -1.17. The Morgan fingerprint density at radius 3 is 2.75 bits per heavy atom. The van der Waals surface area contributed by atoms with E-state index in [1.807, 2.05) is 0 Å². The van der Waals surface area contributed by atoms with Crippen LogP contribution in [0.1, 0.15) is 0 Å². The minimum atomic E-state index is -3.51. The van der Waals surface area contributed by atoms with Gasteiger partial charge in [0, 0.05) is 19.6 Å². The van der Waals surface area contributed by atoms with E-state index < -0.39 is 22.5 Å². The summed E-state index contributed by atoms with van der Waals surface area (Å²) in [7, 11) is -3.51. The van der Waals surface area contributed by atoms with Crippen LogP contribution in [-0.2, 0) is 19.6 Å². The zero-order valence-electron chi connectivity index (χ0n) is 9.05. The third-order valence-corrected chi connectivity index (χ3v) is 3.41. The van der Waals surface area contributed by atoms with Crippen LogP contribution < -0.4 is 5.32 Å². The van der Waals surface area contributed by atoms with E-state index in [9.17, 15) is 13.2 Å². The summed E-state index contributed by atoms with van der Waals surface area (Å²) in [5, 5.41) is 11.7. The van der Waals surface area contributed by atoms with Gasteiger partial charge in [-0.15, -0.1) is 0 Å². The molecular formula is C8H16N2O5S. The summed E-state index contributed by atoms with van der Waals surface area (Å²) in [5.41, 5.74) is 0. The average Bonchev–Trinajstić information content (AvgIpc) is 2.16. The summed E-state index contributed by atoms with van der Waals surface area (Å²) in [6.07, 6.45) is 0.703. The van der Waals surface area contributed by atoms with Crippen LogP contribution >= 0.6 is 0 Å². The maximum Gasteiger partial charge on any atom is 0.318 e. The topological polar surface area (TPSA) is 95.9 Å². The third kappa shape index (κ3) is 4.44. The van der Waals surface area contributed by atoms with Crippen LogP contribution in [0.5, 0.6) is 0 Å². The summed E-state index contributed by atoms with van der Waals surface area (Å²) < 4.78 is 28.9. The smallest absolute Gasteiger partial charge is 0.318 e. The standard InChI is InChI=1S/C8H16N2O5S/c1-16(13,14)10(6-8(11)12)5-7-4-9-2-3-15-7/h7,9H,2-6H2,1H3,(H,11,12). The van der Waals surface area contributed by atoms with Crippen molar-refractivity contribution < 1.29 is 23.1 Å². The highest BCUT2D eigenvalue weighted by Gasteiger charge is 2.25. The minimum Gasteiger partial charge on any atom is -0.480 e. The number of carboxylic acids is 1. The summed E-state index contributed by atoms with van der Waals surface area (Å²) in [4.78, 5) is 10.5. The second kappa shape index (κ2) is 5.58.